The van der Waals surface area contributed by atoms with Crippen molar-refractivity contribution in [2.24, 2.45) is 5.73 Å². The van der Waals surface area contributed by atoms with Crippen molar-refractivity contribution < 1.29 is 14.0 Å². The van der Waals surface area contributed by atoms with E-state index in [1.165, 1.54) is 24.3 Å². The van der Waals surface area contributed by atoms with Gasteiger partial charge in [0, 0.05) is 31.6 Å². The minimum absolute atomic E-state index is 0.0820. The molecule has 0 heterocycles. The Morgan fingerprint density at radius 3 is 2.42 bits per heavy atom. The van der Waals surface area contributed by atoms with Gasteiger partial charge in [-0.1, -0.05) is 0 Å². The van der Waals surface area contributed by atoms with Crippen molar-refractivity contribution in [2.75, 3.05) is 19.6 Å². The summed E-state index contributed by atoms with van der Waals surface area (Å²) in [5, 5.41) is 5.30. The van der Waals surface area contributed by atoms with E-state index in [1.54, 1.807) is 0 Å². The van der Waals surface area contributed by atoms with Crippen LogP contribution in [0.3, 0.4) is 0 Å². The van der Waals surface area contributed by atoms with E-state index in [9.17, 15) is 14.0 Å². The molecule has 0 aromatic heterocycles. The van der Waals surface area contributed by atoms with Gasteiger partial charge in [-0.3, -0.25) is 9.59 Å². The molecule has 0 spiro atoms. The van der Waals surface area contributed by atoms with Crippen LogP contribution in [-0.4, -0.2) is 31.4 Å². The molecule has 104 valence electrons. The molecule has 1 aromatic rings. The summed E-state index contributed by atoms with van der Waals surface area (Å²) in [6.45, 7) is 1.26. The molecule has 1 rings (SSSR count). The zero-order valence-corrected chi connectivity index (χ0v) is 10.6. The third-order valence-corrected chi connectivity index (χ3v) is 2.44. The van der Waals surface area contributed by atoms with Crippen LogP contribution in [0.25, 0.3) is 0 Å². The van der Waals surface area contributed by atoms with E-state index in [4.69, 9.17) is 5.73 Å². The van der Waals surface area contributed by atoms with Gasteiger partial charge in [-0.15, -0.1) is 0 Å². The number of amides is 2. The number of carbonyl (C=O) groups is 2. The van der Waals surface area contributed by atoms with Gasteiger partial charge in [0.15, 0.2) is 0 Å². The van der Waals surface area contributed by atoms with Gasteiger partial charge in [-0.2, -0.15) is 0 Å². The van der Waals surface area contributed by atoms with Gasteiger partial charge in [-0.05, 0) is 30.7 Å². The highest BCUT2D eigenvalue weighted by atomic mass is 19.1. The molecule has 0 aliphatic heterocycles. The van der Waals surface area contributed by atoms with E-state index in [0.717, 1.165) is 0 Å². The third-order valence-electron chi connectivity index (χ3n) is 2.44. The molecule has 0 saturated heterocycles. The second-order valence-electron chi connectivity index (χ2n) is 4.00. The minimum Gasteiger partial charge on any atom is -0.355 e. The normalized spacial score (nSPS) is 10.0. The monoisotopic (exact) mass is 267 g/mol. The molecule has 19 heavy (non-hydrogen) atoms. The highest BCUT2D eigenvalue weighted by Crippen LogP contribution is 2.02. The number of hydrogen-bond donors (Lipinski definition) is 3. The first-order chi connectivity index (χ1) is 9.13. The van der Waals surface area contributed by atoms with Gasteiger partial charge in [0.2, 0.25) is 5.91 Å². The average molecular weight is 267 g/mol. The molecule has 0 aliphatic carbocycles. The summed E-state index contributed by atoms with van der Waals surface area (Å²) in [4.78, 5) is 22.9. The maximum atomic E-state index is 12.7. The van der Waals surface area contributed by atoms with Crippen LogP contribution in [0.2, 0.25) is 0 Å². The van der Waals surface area contributed by atoms with Crippen LogP contribution in [0.5, 0.6) is 0 Å². The molecule has 4 N–H and O–H groups in total. The Hall–Kier alpha value is -1.95. The second-order valence-corrected chi connectivity index (χ2v) is 4.00. The standard InChI is InChI=1S/C13H18FN3O2/c14-11-5-3-10(4-6-11)13(19)17-8-1-2-12(18)16-9-7-15/h3-6H,1-2,7-9,15H2,(H,16,18)(H,17,19). The molecule has 1 aromatic carbocycles. The minimum atomic E-state index is -0.381. The van der Waals surface area contributed by atoms with Crippen LogP contribution >= 0.6 is 0 Å². The maximum absolute atomic E-state index is 12.7. The molecule has 0 unspecified atom stereocenters. The number of halogens is 1. The Kier molecular flexibility index (Phi) is 6.52. The van der Waals surface area contributed by atoms with Crippen molar-refractivity contribution in [1.82, 2.24) is 10.6 Å². The molecule has 0 bridgehead atoms. The highest BCUT2D eigenvalue weighted by molar-refractivity contribution is 5.94. The summed E-state index contributed by atoms with van der Waals surface area (Å²) in [7, 11) is 0. The second kappa shape index (κ2) is 8.20. The van der Waals surface area contributed by atoms with Crippen LogP contribution in [0.4, 0.5) is 4.39 Å². The predicted octanol–water partition coefficient (Wildman–Crippen LogP) is 0.411. The van der Waals surface area contributed by atoms with Crippen molar-refractivity contribution >= 4 is 11.8 Å². The number of carbonyl (C=O) groups excluding carboxylic acids is 2. The van der Waals surface area contributed by atoms with E-state index >= 15 is 0 Å². The smallest absolute Gasteiger partial charge is 0.251 e. The van der Waals surface area contributed by atoms with Crippen LogP contribution in [0.15, 0.2) is 24.3 Å². The number of nitrogens with one attached hydrogen (secondary N) is 2. The topological polar surface area (TPSA) is 84.2 Å². The summed E-state index contributed by atoms with van der Waals surface area (Å²) in [6, 6.07) is 5.29. The first-order valence-corrected chi connectivity index (χ1v) is 6.14. The lowest BCUT2D eigenvalue weighted by atomic mass is 10.2. The summed E-state index contributed by atoms with van der Waals surface area (Å²) in [5.41, 5.74) is 5.65. The quantitative estimate of drug-likeness (QED) is 0.626. The van der Waals surface area contributed by atoms with E-state index in [-0.39, 0.29) is 17.6 Å². The largest absolute Gasteiger partial charge is 0.355 e. The lowest BCUT2D eigenvalue weighted by Crippen LogP contribution is -2.30. The molecule has 0 fully saturated rings. The maximum Gasteiger partial charge on any atom is 0.251 e. The van der Waals surface area contributed by atoms with Gasteiger partial charge >= 0.3 is 0 Å². The Balaban J connectivity index is 2.20. The summed E-state index contributed by atoms with van der Waals surface area (Å²) in [6.07, 6.45) is 0.882. The zero-order chi connectivity index (χ0) is 14.1. The Labute approximate surface area is 111 Å². The molecule has 6 heteroatoms. The summed E-state index contributed by atoms with van der Waals surface area (Å²) >= 11 is 0. The Bertz CT molecular complexity index is 420. The molecule has 0 aliphatic rings. The fourth-order valence-electron chi connectivity index (χ4n) is 1.45. The van der Waals surface area contributed by atoms with Crippen LogP contribution in [-0.2, 0) is 4.79 Å². The van der Waals surface area contributed by atoms with Crippen LogP contribution in [0, 0.1) is 5.82 Å². The molecule has 2 amide bonds. The molecule has 0 radical (unpaired) electrons. The van der Waals surface area contributed by atoms with Crippen molar-refractivity contribution in [1.29, 1.82) is 0 Å². The lowest BCUT2D eigenvalue weighted by molar-refractivity contribution is -0.121. The SMILES string of the molecule is NCCNC(=O)CCCNC(=O)c1ccc(F)cc1. The molecule has 0 saturated carbocycles. The average Bonchev–Trinajstić information content (AvgIpc) is 2.41. The Morgan fingerprint density at radius 1 is 1.11 bits per heavy atom. The number of rotatable bonds is 7. The molecule has 0 atom stereocenters. The number of benzene rings is 1. The van der Waals surface area contributed by atoms with Crippen LogP contribution < -0.4 is 16.4 Å². The van der Waals surface area contributed by atoms with Gasteiger partial charge in [0.05, 0.1) is 0 Å². The number of hydrogen-bond acceptors (Lipinski definition) is 3. The van der Waals surface area contributed by atoms with Gasteiger partial charge in [-0.25, -0.2) is 4.39 Å². The summed E-state index contributed by atoms with van der Waals surface area (Å²) in [5.74, 6) is -0.739. The number of nitrogens with two attached hydrogens (primary N) is 1. The fraction of sp³-hybridized carbons (Fsp3) is 0.385. The first kappa shape index (κ1) is 15.1. The lowest BCUT2D eigenvalue weighted by Gasteiger charge is -2.06. The van der Waals surface area contributed by atoms with E-state index < -0.39 is 0 Å². The molecular weight excluding hydrogens is 249 g/mol. The fourth-order valence-corrected chi connectivity index (χ4v) is 1.45. The van der Waals surface area contributed by atoms with E-state index in [1.807, 2.05) is 0 Å². The van der Waals surface area contributed by atoms with Crippen molar-refractivity contribution in [3.8, 4) is 0 Å². The van der Waals surface area contributed by atoms with Gasteiger partial charge in [0.1, 0.15) is 5.82 Å². The highest BCUT2D eigenvalue weighted by Gasteiger charge is 2.05. The van der Waals surface area contributed by atoms with Gasteiger partial charge in [0.25, 0.3) is 5.91 Å². The molecule has 5 nitrogen and oxygen atoms in total. The van der Waals surface area contributed by atoms with E-state index in [0.29, 0.717) is 38.0 Å². The third kappa shape index (κ3) is 5.96. The van der Waals surface area contributed by atoms with Crippen LogP contribution in [0.1, 0.15) is 23.2 Å². The predicted molar refractivity (Wildman–Crippen MR) is 70.0 cm³/mol. The molecular formula is C13H18FN3O2. The van der Waals surface area contributed by atoms with Gasteiger partial charge < -0.3 is 16.4 Å². The first-order valence-electron chi connectivity index (χ1n) is 6.14. The van der Waals surface area contributed by atoms with Crippen molar-refractivity contribution in [3.05, 3.63) is 35.6 Å². The van der Waals surface area contributed by atoms with Crippen molar-refractivity contribution in [3.63, 3.8) is 0 Å². The van der Waals surface area contributed by atoms with Crippen molar-refractivity contribution in [2.45, 2.75) is 12.8 Å². The summed E-state index contributed by atoms with van der Waals surface area (Å²) < 4.78 is 12.7. The Morgan fingerprint density at radius 2 is 1.79 bits per heavy atom. The van der Waals surface area contributed by atoms with E-state index in [2.05, 4.69) is 10.6 Å². The zero-order valence-electron chi connectivity index (χ0n) is 10.6.